The lowest BCUT2D eigenvalue weighted by molar-refractivity contribution is 0.232. The van der Waals surface area contributed by atoms with Gasteiger partial charge in [0, 0.05) is 30.1 Å². The number of rotatable bonds is 6. The highest BCUT2D eigenvalue weighted by molar-refractivity contribution is 9.10. The number of nitrogens with zero attached hydrogens (tertiary/aromatic N) is 1. The van der Waals surface area contributed by atoms with Crippen molar-refractivity contribution in [2.75, 3.05) is 19.6 Å². The lowest BCUT2D eigenvalue weighted by Gasteiger charge is -2.25. The predicted molar refractivity (Wildman–Crippen MR) is 83.2 cm³/mol. The molecular formula is C16H23BrN2. The highest BCUT2D eigenvalue weighted by Crippen LogP contribution is 2.30. The topological polar surface area (TPSA) is 15.3 Å². The molecule has 1 aliphatic carbocycles. The van der Waals surface area contributed by atoms with E-state index in [2.05, 4.69) is 50.4 Å². The Morgan fingerprint density at radius 1 is 1.11 bits per heavy atom. The standard InChI is InChI=1S/C16H23BrN2/c17-15-7-5-14(6-8-15)11-19(10-13-3-4-13)12-16-2-1-9-18-16/h5-8,13,16,18H,1-4,9-12H2. The van der Waals surface area contributed by atoms with Crippen LogP contribution in [0.3, 0.4) is 0 Å². The molecule has 19 heavy (non-hydrogen) atoms. The Bertz CT molecular complexity index is 394. The predicted octanol–water partition coefficient (Wildman–Crippen LogP) is 3.41. The molecule has 104 valence electrons. The number of hydrogen-bond acceptors (Lipinski definition) is 2. The summed E-state index contributed by atoms with van der Waals surface area (Å²) in [6.07, 6.45) is 5.57. The second kappa shape index (κ2) is 6.38. The van der Waals surface area contributed by atoms with Crippen LogP contribution in [0.2, 0.25) is 0 Å². The summed E-state index contributed by atoms with van der Waals surface area (Å²) in [6, 6.07) is 9.50. The zero-order chi connectivity index (χ0) is 13.1. The fourth-order valence-electron chi connectivity index (χ4n) is 2.94. The zero-order valence-corrected chi connectivity index (χ0v) is 13.0. The molecule has 1 unspecified atom stereocenters. The summed E-state index contributed by atoms with van der Waals surface area (Å²) < 4.78 is 1.17. The molecule has 2 fully saturated rings. The first kappa shape index (κ1) is 13.6. The Morgan fingerprint density at radius 3 is 2.53 bits per heavy atom. The van der Waals surface area contributed by atoms with E-state index >= 15 is 0 Å². The van der Waals surface area contributed by atoms with E-state index in [1.807, 2.05) is 0 Å². The van der Waals surface area contributed by atoms with E-state index in [9.17, 15) is 0 Å². The molecule has 1 heterocycles. The van der Waals surface area contributed by atoms with Gasteiger partial charge in [0.15, 0.2) is 0 Å². The molecule has 1 atom stereocenters. The van der Waals surface area contributed by atoms with Gasteiger partial charge >= 0.3 is 0 Å². The van der Waals surface area contributed by atoms with Gasteiger partial charge in [-0.3, -0.25) is 4.90 Å². The second-order valence-corrected chi connectivity index (χ2v) is 6.97. The Balaban J connectivity index is 1.58. The van der Waals surface area contributed by atoms with Gasteiger partial charge in [0.05, 0.1) is 0 Å². The molecule has 1 saturated carbocycles. The highest BCUT2D eigenvalue weighted by atomic mass is 79.9. The molecule has 0 aromatic heterocycles. The molecule has 1 aliphatic heterocycles. The van der Waals surface area contributed by atoms with E-state index in [1.165, 1.54) is 55.4 Å². The smallest absolute Gasteiger partial charge is 0.0234 e. The first-order valence-corrected chi connectivity index (χ1v) is 8.29. The van der Waals surface area contributed by atoms with Crippen LogP contribution in [0, 0.1) is 5.92 Å². The zero-order valence-electron chi connectivity index (χ0n) is 11.4. The van der Waals surface area contributed by atoms with Crippen molar-refractivity contribution in [1.29, 1.82) is 0 Å². The third-order valence-electron chi connectivity index (χ3n) is 4.17. The fraction of sp³-hybridized carbons (Fsp3) is 0.625. The van der Waals surface area contributed by atoms with E-state index < -0.39 is 0 Å². The molecule has 0 radical (unpaired) electrons. The van der Waals surface area contributed by atoms with Crippen molar-refractivity contribution in [2.45, 2.75) is 38.3 Å². The number of benzene rings is 1. The lowest BCUT2D eigenvalue weighted by atomic mass is 10.1. The molecular weight excluding hydrogens is 300 g/mol. The Kier molecular flexibility index (Phi) is 4.57. The molecule has 0 bridgehead atoms. The van der Waals surface area contributed by atoms with E-state index in [4.69, 9.17) is 0 Å². The minimum atomic E-state index is 0.717. The minimum Gasteiger partial charge on any atom is -0.313 e. The average molecular weight is 323 g/mol. The first-order chi connectivity index (χ1) is 9.29. The van der Waals surface area contributed by atoms with E-state index in [0.29, 0.717) is 6.04 Å². The summed E-state index contributed by atoms with van der Waals surface area (Å²) in [5.74, 6) is 0.969. The van der Waals surface area contributed by atoms with E-state index in [1.54, 1.807) is 0 Å². The maximum Gasteiger partial charge on any atom is 0.0234 e. The molecule has 2 nitrogen and oxygen atoms in total. The molecule has 2 aliphatic rings. The third-order valence-corrected chi connectivity index (χ3v) is 4.70. The van der Waals surface area contributed by atoms with Crippen LogP contribution in [-0.4, -0.2) is 30.6 Å². The Hall–Kier alpha value is -0.380. The van der Waals surface area contributed by atoms with Crippen molar-refractivity contribution in [1.82, 2.24) is 10.2 Å². The van der Waals surface area contributed by atoms with Crippen LogP contribution >= 0.6 is 15.9 Å². The maximum absolute atomic E-state index is 3.63. The van der Waals surface area contributed by atoms with E-state index in [-0.39, 0.29) is 0 Å². The van der Waals surface area contributed by atoms with Gasteiger partial charge in [0.2, 0.25) is 0 Å². The SMILES string of the molecule is Brc1ccc(CN(CC2CC2)CC2CCCN2)cc1. The molecule has 1 saturated heterocycles. The van der Waals surface area contributed by atoms with Crippen LogP contribution < -0.4 is 5.32 Å². The maximum atomic E-state index is 3.63. The van der Waals surface area contributed by atoms with Gasteiger partial charge in [-0.25, -0.2) is 0 Å². The van der Waals surface area contributed by atoms with Crippen molar-refractivity contribution in [3.8, 4) is 0 Å². The summed E-state index contributed by atoms with van der Waals surface area (Å²) in [5, 5.41) is 3.63. The van der Waals surface area contributed by atoms with Gasteiger partial charge in [-0.1, -0.05) is 28.1 Å². The summed E-state index contributed by atoms with van der Waals surface area (Å²) in [5.41, 5.74) is 1.43. The van der Waals surface area contributed by atoms with Crippen molar-refractivity contribution >= 4 is 15.9 Å². The number of halogens is 1. The Morgan fingerprint density at radius 2 is 1.89 bits per heavy atom. The molecule has 1 N–H and O–H groups in total. The minimum absolute atomic E-state index is 0.717. The van der Waals surface area contributed by atoms with Crippen LogP contribution in [0.5, 0.6) is 0 Å². The van der Waals surface area contributed by atoms with Crippen molar-refractivity contribution in [3.05, 3.63) is 34.3 Å². The van der Waals surface area contributed by atoms with Gasteiger partial charge in [0.1, 0.15) is 0 Å². The molecule has 0 amide bonds. The van der Waals surface area contributed by atoms with Crippen LogP contribution in [0.15, 0.2) is 28.7 Å². The highest BCUT2D eigenvalue weighted by Gasteiger charge is 2.26. The van der Waals surface area contributed by atoms with Crippen LogP contribution in [-0.2, 0) is 6.54 Å². The lowest BCUT2D eigenvalue weighted by Crippen LogP contribution is -2.38. The molecule has 1 aromatic rings. The summed E-state index contributed by atoms with van der Waals surface area (Å²) in [4.78, 5) is 2.66. The Labute approximate surface area is 124 Å². The first-order valence-electron chi connectivity index (χ1n) is 7.50. The molecule has 1 aromatic carbocycles. The second-order valence-electron chi connectivity index (χ2n) is 6.06. The normalized spacial score (nSPS) is 23.2. The van der Waals surface area contributed by atoms with Crippen LogP contribution in [0.25, 0.3) is 0 Å². The number of hydrogen-bond donors (Lipinski definition) is 1. The van der Waals surface area contributed by atoms with E-state index in [0.717, 1.165) is 12.5 Å². The van der Waals surface area contributed by atoms with Crippen LogP contribution in [0.4, 0.5) is 0 Å². The third kappa shape index (κ3) is 4.30. The van der Waals surface area contributed by atoms with Gasteiger partial charge in [-0.05, 0) is 55.8 Å². The van der Waals surface area contributed by atoms with Gasteiger partial charge < -0.3 is 5.32 Å². The monoisotopic (exact) mass is 322 g/mol. The molecule has 0 spiro atoms. The average Bonchev–Trinajstić information content (AvgIpc) is 3.06. The van der Waals surface area contributed by atoms with Crippen LogP contribution in [0.1, 0.15) is 31.2 Å². The molecule has 3 heteroatoms. The van der Waals surface area contributed by atoms with Crippen molar-refractivity contribution in [2.24, 2.45) is 5.92 Å². The molecule has 3 rings (SSSR count). The number of nitrogens with one attached hydrogen (secondary N) is 1. The summed E-state index contributed by atoms with van der Waals surface area (Å²) in [6.45, 7) is 4.81. The van der Waals surface area contributed by atoms with Crippen molar-refractivity contribution < 1.29 is 0 Å². The largest absolute Gasteiger partial charge is 0.313 e. The fourth-order valence-corrected chi connectivity index (χ4v) is 3.21. The summed E-state index contributed by atoms with van der Waals surface area (Å²) >= 11 is 3.51. The van der Waals surface area contributed by atoms with Gasteiger partial charge in [0.25, 0.3) is 0 Å². The summed E-state index contributed by atoms with van der Waals surface area (Å²) in [7, 11) is 0. The quantitative estimate of drug-likeness (QED) is 0.863. The van der Waals surface area contributed by atoms with Gasteiger partial charge in [-0.15, -0.1) is 0 Å². The van der Waals surface area contributed by atoms with Gasteiger partial charge in [-0.2, -0.15) is 0 Å². The van der Waals surface area contributed by atoms with Crippen molar-refractivity contribution in [3.63, 3.8) is 0 Å².